The molecule has 0 aromatic heterocycles. The molecule has 3 atom stereocenters. The number of rotatable bonds is 6. The molecule has 1 amide bonds. The second-order valence-electron chi connectivity index (χ2n) is 8.02. The van der Waals surface area contributed by atoms with Crippen molar-refractivity contribution in [1.29, 1.82) is 0 Å². The van der Waals surface area contributed by atoms with Gasteiger partial charge in [-0.15, -0.1) is 0 Å². The number of nitrogens with zero attached hydrogens (tertiary/aromatic N) is 1. The van der Waals surface area contributed by atoms with E-state index in [2.05, 4.69) is 35.7 Å². The third kappa shape index (κ3) is 4.11. The number of likely N-dealkylation sites (N-methyl/N-ethyl adjacent to an activating group) is 1. The lowest BCUT2D eigenvalue weighted by Gasteiger charge is -2.47. The lowest BCUT2D eigenvalue weighted by atomic mass is 9.77. The van der Waals surface area contributed by atoms with Crippen LogP contribution in [0, 0.1) is 5.82 Å². The van der Waals surface area contributed by atoms with Gasteiger partial charge in [0.2, 0.25) is 0 Å². The molecule has 2 aromatic rings. The zero-order valence-electron chi connectivity index (χ0n) is 16.6. The van der Waals surface area contributed by atoms with Crippen molar-refractivity contribution in [2.75, 3.05) is 20.2 Å². The van der Waals surface area contributed by atoms with Gasteiger partial charge in [0.25, 0.3) is 5.91 Å². The molecule has 0 saturated carbocycles. The standard InChI is InChI=1S/C24H27FN2O2/c1-27(24(29)19-10-12-20(25)13-11-19)14-21-23(22(15-28)26-21)18-8-6-17(7-9-18)16-4-2-3-5-16/h4,6-13,21-23,26,28H,2-3,5,14-15H2,1H3/t21-,22+,23-/m1/s1. The number of aliphatic hydroxyl groups excluding tert-OH is 1. The molecule has 0 radical (unpaired) electrons. The molecule has 1 aliphatic carbocycles. The number of benzene rings is 2. The zero-order chi connectivity index (χ0) is 20.4. The van der Waals surface area contributed by atoms with E-state index in [9.17, 15) is 14.3 Å². The van der Waals surface area contributed by atoms with Crippen molar-refractivity contribution in [2.45, 2.75) is 37.3 Å². The summed E-state index contributed by atoms with van der Waals surface area (Å²) < 4.78 is 13.1. The Balaban J connectivity index is 1.45. The summed E-state index contributed by atoms with van der Waals surface area (Å²) in [5, 5.41) is 13.1. The molecule has 1 fully saturated rings. The topological polar surface area (TPSA) is 52.6 Å². The predicted molar refractivity (Wildman–Crippen MR) is 112 cm³/mol. The number of aliphatic hydroxyl groups is 1. The summed E-state index contributed by atoms with van der Waals surface area (Å²) in [6, 6.07) is 14.3. The fraction of sp³-hybridized carbons (Fsp3) is 0.375. The van der Waals surface area contributed by atoms with Gasteiger partial charge < -0.3 is 15.3 Å². The average molecular weight is 394 g/mol. The van der Waals surface area contributed by atoms with Crippen molar-refractivity contribution in [3.63, 3.8) is 0 Å². The monoisotopic (exact) mass is 394 g/mol. The Morgan fingerprint density at radius 2 is 1.86 bits per heavy atom. The van der Waals surface area contributed by atoms with Gasteiger partial charge in [-0.05, 0) is 60.2 Å². The number of carbonyl (C=O) groups excluding carboxylic acids is 1. The van der Waals surface area contributed by atoms with E-state index in [-0.39, 0.29) is 36.3 Å². The van der Waals surface area contributed by atoms with E-state index >= 15 is 0 Å². The van der Waals surface area contributed by atoms with Gasteiger partial charge in [0.1, 0.15) is 5.82 Å². The first kappa shape index (κ1) is 19.8. The van der Waals surface area contributed by atoms with Crippen LogP contribution in [0.25, 0.3) is 5.57 Å². The molecule has 0 unspecified atom stereocenters. The van der Waals surface area contributed by atoms with E-state index in [4.69, 9.17) is 0 Å². The van der Waals surface area contributed by atoms with Gasteiger partial charge in [0.05, 0.1) is 6.61 Å². The first-order chi connectivity index (χ1) is 14.1. The van der Waals surface area contributed by atoms with Gasteiger partial charge >= 0.3 is 0 Å². The summed E-state index contributed by atoms with van der Waals surface area (Å²) in [6.07, 6.45) is 5.84. The Bertz CT molecular complexity index is 892. The van der Waals surface area contributed by atoms with E-state index < -0.39 is 0 Å². The molecule has 2 N–H and O–H groups in total. The Labute approximate surface area is 171 Å². The van der Waals surface area contributed by atoms with E-state index in [1.54, 1.807) is 11.9 Å². The zero-order valence-corrected chi connectivity index (χ0v) is 16.6. The second-order valence-corrected chi connectivity index (χ2v) is 8.02. The van der Waals surface area contributed by atoms with Gasteiger partial charge in [0, 0.05) is 37.2 Å². The maximum absolute atomic E-state index is 13.1. The molecular formula is C24H27FN2O2. The summed E-state index contributed by atoms with van der Waals surface area (Å²) in [7, 11) is 1.76. The number of halogens is 1. The minimum Gasteiger partial charge on any atom is -0.395 e. The van der Waals surface area contributed by atoms with Gasteiger partial charge in [-0.25, -0.2) is 4.39 Å². The molecule has 5 heteroatoms. The van der Waals surface area contributed by atoms with Crippen LogP contribution < -0.4 is 5.32 Å². The molecule has 1 saturated heterocycles. The molecule has 1 heterocycles. The van der Waals surface area contributed by atoms with Crippen LogP contribution in [0.2, 0.25) is 0 Å². The first-order valence-electron chi connectivity index (χ1n) is 10.2. The van der Waals surface area contributed by atoms with Crippen LogP contribution in [-0.2, 0) is 0 Å². The van der Waals surface area contributed by atoms with Crippen LogP contribution in [0.3, 0.4) is 0 Å². The molecule has 0 bridgehead atoms. The molecule has 2 aliphatic rings. The highest BCUT2D eigenvalue weighted by molar-refractivity contribution is 5.94. The maximum Gasteiger partial charge on any atom is 0.253 e. The van der Waals surface area contributed by atoms with E-state index in [0.29, 0.717) is 12.1 Å². The summed E-state index contributed by atoms with van der Waals surface area (Å²) in [6.45, 7) is 0.577. The highest BCUT2D eigenvalue weighted by atomic mass is 19.1. The van der Waals surface area contributed by atoms with Crippen molar-refractivity contribution < 1.29 is 14.3 Å². The van der Waals surface area contributed by atoms with Gasteiger partial charge in [-0.1, -0.05) is 30.3 Å². The lowest BCUT2D eigenvalue weighted by molar-refractivity contribution is 0.0683. The molecule has 1 aliphatic heterocycles. The lowest BCUT2D eigenvalue weighted by Crippen LogP contribution is -2.64. The Morgan fingerprint density at radius 3 is 2.48 bits per heavy atom. The van der Waals surface area contributed by atoms with Gasteiger partial charge in [0.15, 0.2) is 0 Å². The third-order valence-electron chi connectivity index (χ3n) is 6.11. The summed E-state index contributed by atoms with van der Waals surface area (Å²) in [4.78, 5) is 14.3. The van der Waals surface area contributed by atoms with Crippen LogP contribution >= 0.6 is 0 Å². The SMILES string of the molecule is CN(C[C@H]1N[C@@H](CO)[C@@H]1c1ccc(C2=CCCC2)cc1)C(=O)c1ccc(F)cc1. The van der Waals surface area contributed by atoms with Crippen molar-refractivity contribution in [2.24, 2.45) is 0 Å². The number of amides is 1. The van der Waals surface area contributed by atoms with Crippen LogP contribution in [0.15, 0.2) is 54.6 Å². The van der Waals surface area contributed by atoms with Crippen molar-refractivity contribution in [3.8, 4) is 0 Å². The molecule has 152 valence electrons. The van der Waals surface area contributed by atoms with Gasteiger partial charge in [-0.2, -0.15) is 0 Å². The number of hydrogen-bond donors (Lipinski definition) is 2. The van der Waals surface area contributed by atoms with E-state index in [0.717, 1.165) is 12.8 Å². The Kier molecular flexibility index (Phi) is 5.79. The molecule has 29 heavy (non-hydrogen) atoms. The highest BCUT2D eigenvalue weighted by Gasteiger charge is 2.41. The first-order valence-corrected chi connectivity index (χ1v) is 10.2. The van der Waals surface area contributed by atoms with Crippen LogP contribution in [0.5, 0.6) is 0 Å². The smallest absolute Gasteiger partial charge is 0.253 e. The predicted octanol–water partition coefficient (Wildman–Crippen LogP) is 3.58. The molecular weight excluding hydrogens is 367 g/mol. The van der Waals surface area contributed by atoms with Crippen LogP contribution in [-0.4, -0.2) is 48.2 Å². The van der Waals surface area contributed by atoms with Crippen LogP contribution in [0.1, 0.15) is 46.7 Å². The number of carbonyl (C=O) groups is 1. The summed E-state index contributed by atoms with van der Waals surface area (Å²) in [5.74, 6) is -0.343. The molecule has 4 nitrogen and oxygen atoms in total. The number of allylic oxidation sites excluding steroid dienone is 2. The molecule has 4 rings (SSSR count). The van der Waals surface area contributed by atoms with E-state index in [1.807, 2.05) is 0 Å². The quantitative estimate of drug-likeness (QED) is 0.787. The minimum atomic E-state index is -0.354. The number of nitrogens with one attached hydrogen (secondary N) is 1. The third-order valence-corrected chi connectivity index (χ3v) is 6.11. The fourth-order valence-corrected chi connectivity index (χ4v) is 4.48. The van der Waals surface area contributed by atoms with Crippen LogP contribution in [0.4, 0.5) is 4.39 Å². The van der Waals surface area contributed by atoms with Crippen molar-refractivity contribution in [1.82, 2.24) is 10.2 Å². The summed E-state index contributed by atoms with van der Waals surface area (Å²) >= 11 is 0. The van der Waals surface area contributed by atoms with Gasteiger partial charge in [-0.3, -0.25) is 4.79 Å². The Hall–Kier alpha value is -2.50. The van der Waals surface area contributed by atoms with E-state index in [1.165, 1.54) is 47.4 Å². The fourth-order valence-electron chi connectivity index (χ4n) is 4.48. The average Bonchev–Trinajstić information content (AvgIpc) is 3.26. The van der Waals surface area contributed by atoms with Crippen molar-refractivity contribution >= 4 is 11.5 Å². The minimum absolute atomic E-state index is 0.00845. The largest absolute Gasteiger partial charge is 0.395 e. The highest BCUT2D eigenvalue weighted by Crippen LogP contribution is 2.34. The normalized spacial score (nSPS) is 23.4. The molecule has 2 aromatic carbocycles. The second kappa shape index (κ2) is 8.47. The summed E-state index contributed by atoms with van der Waals surface area (Å²) in [5.41, 5.74) is 4.35. The maximum atomic E-state index is 13.1. The Morgan fingerprint density at radius 1 is 1.14 bits per heavy atom. The molecule has 0 spiro atoms. The van der Waals surface area contributed by atoms with Crippen molar-refractivity contribution in [3.05, 3.63) is 77.1 Å². The number of hydrogen-bond acceptors (Lipinski definition) is 3.